The quantitative estimate of drug-likeness (QED) is 0.798. The first-order valence-electron chi connectivity index (χ1n) is 6.13. The molecule has 0 aliphatic heterocycles. The molecule has 0 spiro atoms. The van der Waals surface area contributed by atoms with Crippen molar-refractivity contribution in [1.29, 1.82) is 0 Å². The van der Waals surface area contributed by atoms with Crippen LogP contribution in [0.2, 0.25) is 5.02 Å². The largest absolute Gasteiger partial charge is 0.310 e. The van der Waals surface area contributed by atoms with Crippen LogP contribution in [-0.2, 0) is 13.5 Å². The van der Waals surface area contributed by atoms with Crippen LogP contribution in [0.4, 0.5) is 0 Å². The van der Waals surface area contributed by atoms with Crippen molar-refractivity contribution in [3.8, 4) is 0 Å². The maximum Gasteiger partial charge on any atom is 0.0845 e. The van der Waals surface area contributed by atoms with Crippen molar-refractivity contribution in [3.63, 3.8) is 0 Å². The fourth-order valence-corrected chi connectivity index (χ4v) is 2.91. The SMILES string of the molecule is CCNC(Cc1cn(C)nn1)c1cc(Cl)ccc1I. The average molecular weight is 391 g/mol. The second-order valence-corrected chi connectivity index (χ2v) is 5.96. The Labute approximate surface area is 131 Å². The van der Waals surface area contributed by atoms with Crippen molar-refractivity contribution < 1.29 is 0 Å². The molecule has 0 saturated carbocycles. The van der Waals surface area contributed by atoms with E-state index >= 15 is 0 Å². The van der Waals surface area contributed by atoms with E-state index in [1.54, 1.807) is 4.68 Å². The molecule has 1 heterocycles. The Kier molecular flexibility index (Phi) is 5.18. The highest BCUT2D eigenvalue weighted by Gasteiger charge is 2.16. The van der Waals surface area contributed by atoms with Crippen LogP contribution < -0.4 is 5.32 Å². The molecule has 0 bridgehead atoms. The van der Waals surface area contributed by atoms with Gasteiger partial charge in [-0.1, -0.05) is 23.7 Å². The van der Waals surface area contributed by atoms with Crippen LogP contribution in [-0.4, -0.2) is 21.5 Å². The van der Waals surface area contributed by atoms with Gasteiger partial charge in [0.25, 0.3) is 0 Å². The number of likely N-dealkylation sites (N-methyl/N-ethyl adjacent to an activating group) is 1. The molecule has 1 aromatic heterocycles. The molecule has 19 heavy (non-hydrogen) atoms. The third-order valence-electron chi connectivity index (χ3n) is 2.85. The summed E-state index contributed by atoms with van der Waals surface area (Å²) < 4.78 is 2.93. The molecule has 1 unspecified atom stereocenters. The number of aryl methyl sites for hydroxylation is 1. The fourth-order valence-electron chi connectivity index (χ4n) is 2.02. The van der Waals surface area contributed by atoms with E-state index in [-0.39, 0.29) is 6.04 Å². The first-order valence-corrected chi connectivity index (χ1v) is 7.59. The molecule has 102 valence electrons. The lowest BCUT2D eigenvalue weighted by molar-refractivity contribution is 0.541. The zero-order chi connectivity index (χ0) is 13.8. The van der Waals surface area contributed by atoms with Gasteiger partial charge in [0.1, 0.15) is 0 Å². The Morgan fingerprint density at radius 3 is 2.89 bits per heavy atom. The van der Waals surface area contributed by atoms with Crippen LogP contribution in [0.3, 0.4) is 0 Å². The highest BCUT2D eigenvalue weighted by molar-refractivity contribution is 14.1. The van der Waals surface area contributed by atoms with Gasteiger partial charge in [-0.3, -0.25) is 4.68 Å². The molecule has 0 radical (unpaired) electrons. The molecule has 0 aliphatic carbocycles. The molecular formula is C13H16ClIN4. The molecule has 0 saturated heterocycles. The van der Waals surface area contributed by atoms with E-state index in [4.69, 9.17) is 11.6 Å². The first-order chi connectivity index (χ1) is 9.10. The molecule has 4 nitrogen and oxygen atoms in total. The molecule has 0 fully saturated rings. The lowest BCUT2D eigenvalue weighted by Gasteiger charge is -2.19. The third-order valence-corrected chi connectivity index (χ3v) is 4.06. The Bertz CT molecular complexity index is 555. The number of rotatable bonds is 5. The van der Waals surface area contributed by atoms with Gasteiger partial charge in [-0.25, -0.2) is 0 Å². The summed E-state index contributed by atoms with van der Waals surface area (Å²) in [5.41, 5.74) is 2.19. The zero-order valence-electron chi connectivity index (χ0n) is 10.9. The number of aromatic nitrogens is 3. The Balaban J connectivity index is 2.26. The van der Waals surface area contributed by atoms with Gasteiger partial charge in [0.15, 0.2) is 0 Å². The van der Waals surface area contributed by atoms with Gasteiger partial charge < -0.3 is 5.32 Å². The van der Waals surface area contributed by atoms with Crippen LogP contribution in [0.5, 0.6) is 0 Å². The number of nitrogens with one attached hydrogen (secondary N) is 1. The van der Waals surface area contributed by atoms with E-state index in [1.807, 2.05) is 31.4 Å². The second-order valence-electron chi connectivity index (χ2n) is 4.36. The van der Waals surface area contributed by atoms with Crippen molar-refractivity contribution in [2.45, 2.75) is 19.4 Å². The highest BCUT2D eigenvalue weighted by atomic mass is 127. The summed E-state index contributed by atoms with van der Waals surface area (Å²) in [6.07, 6.45) is 2.75. The molecule has 0 amide bonds. The van der Waals surface area contributed by atoms with Gasteiger partial charge >= 0.3 is 0 Å². The zero-order valence-corrected chi connectivity index (χ0v) is 13.8. The minimum absolute atomic E-state index is 0.201. The van der Waals surface area contributed by atoms with E-state index in [1.165, 1.54) is 9.13 Å². The molecule has 1 atom stereocenters. The fraction of sp³-hybridized carbons (Fsp3) is 0.385. The topological polar surface area (TPSA) is 42.7 Å². The average Bonchev–Trinajstić information content (AvgIpc) is 2.77. The minimum atomic E-state index is 0.201. The van der Waals surface area contributed by atoms with Crippen LogP contribution >= 0.6 is 34.2 Å². The van der Waals surface area contributed by atoms with Crippen LogP contribution in [0.25, 0.3) is 0 Å². The van der Waals surface area contributed by atoms with Gasteiger partial charge in [-0.05, 0) is 52.9 Å². The molecule has 1 aromatic carbocycles. The number of hydrogen-bond donors (Lipinski definition) is 1. The summed E-state index contributed by atoms with van der Waals surface area (Å²) in [5, 5.41) is 12.4. The van der Waals surface area contributed by atoms with Crippen molar-refractivity contribution in [3.05, 3.63) is 44.2 Å². The summed E-state index contributed by atoms with van der Waals surface area (Å²) in [5.74, 6) is 0. The Morgan fingerprint density at radius 1 is 1.47 bits per heavy atom. The predicted octanol–water partition coefficient (Wildman–Crippen LogP) is 2.97. The number of nitrogens with zero attached hydrogens (tertiary/aromatic N) is 3. The number of benzene rings is 1. The maximum absolute atomic E-state index is 6.10. The van der Waals surface area contributed by atoms with Crippen LogP contribution in [0.15, 0.2) is 24.4 Å². The van der Waals surface area contributed by atoms with E-state index in [0.717, 1.165) is 23.7 Å². The van der Waals surface area contributed by atoms with E-state index in [9.17, 15) is 0 Å². The monoisotopic (exact) mass is 390 g/mol. The molecule has 6 heteroatoms. The Morgan fingerprint density at radius 2 is 2.26 bits per heavy atom. The van der Waals surface area contributed by atoms with E-state index in [2.05, 4.69) is 45.1 Å². The lowest BCUT2D eigenvalue weighted by atomic mass is 10.0. The summed E-state index contributed by atoms with van der Waals surface area (Å²) in [4.78, 5) is 0. The molecule has 2 rings (SSSR count). The third kappa shape index (κ3) is 3.90. The summed E-state index contributed by atoms with van der Waals surface area (Å²) in [7, 11) is 1.88. The van der Waals surface area contributed by atoms with E-state index in [0.29, 0.717) is 0 Å². The molecular weight excluding hydrogens is 375 g/mol. The van der Waals surface area contributed by atoms with Gasteiger partial charge in [-0.15, -0.1) is 5.10 Å². The van der Waals surface area contributed by atoms with Crippen molar-refractivity contribution in [2.75, 3.05) is 6.54 Å². The summed E-state index contributed by atoms with van der Waals surface area (Å²) >= 11 is 8.44. The lowest BCUT2D eigenvalue weighted by Crippen LogP contribution is -2.24. The molecule has 0 aliphatic rings. The van der Waals surface area contributed by atoms with Crippen LogP contribution in [0, 0.1) is 3.57 Å². The predicted molar refractivity (Wildman–Crippen MR) is 85.3 cm³/mol. The standard InChI is InChI=1S/C13H16ClIN4/c1-3-16-13(7-10-8-19(2)18-17-10)11-6-9(14)4-5-12(11)15/h4-6,8,13,16H,3,7H2,1-2H3. The van der Waals surface area contributed by atoms with Gasteiger partial charge in [-0.2, -0.15) is 0 Å². The highest BCUT2D eigenvalue weighted by Crippen LogP contribution is 2.26. The second kappa shape index (κ2) is 6.67. The maximum atomic E-state index is 6.10. The smallest absolute Gasteiger partial charge is 0.0845 e. The van der Waals surface area contributed by atoms with Gasteiger partial charge in [0.2, 0.25) is 0 Å². The number of halogens is 2. The Hall–Kier alpha value is -0.660. The summed E-state index contributed by atoms with van der Waals surface area (Å²) in [6, 6.07) is 6.18. The van der Waals surface area contributed by atoms with Crippen LogP contribution in [0.1, 0.15) is 24.2 Å². The number of hydrogen-bond acceptors (Lipinski definition) is 3. The van der Waals surface area contributed by atoms with Crippen molar-refractivity contribution in [2.24, 2.45) is 7.05 Å². The van der Waals surface area contributed by atoms with Crippen molar-refractivity contribution in [1.82, 2.24) is 20.3 Å². The summed E-state index contributed by atoms with van der Waals surface area (Å²) in [6.45, 7) is 2.99. The van der Waals surface area contributed by atoms with Gasteiger partial charge in [0, 0.05) is 34.3 Å². The molecule has 2 aromatic rings. The molecule has 1 N–H and O–H groups in total. The normalized spacial score (nSPS) is 12.6. The first kappa shape index (κ1) is 14.7. The van der Waals surface area contributed by atoms with E-state index < -0.39 is 0 Å². The van der Waals surface area contributed by atoms with Crippen molar-refractivity contribution >= 4 is 34.2 Å². The minimum Gasteiger partial charge on any atom is -0.310 e. The van der Waals surface area contributed by atoms with Gasteiger partial charge in [0.05, 0.1) is 5.69 Å².